The number of aromatic nitrogens is 2. The Morgan fingerprint density at radius 1 is 0.472 bits per heavy atom. The molecule has 0 aliphatic carbocycles. The van der Waals surface area contributed by atoms with Crippen molar-refractivity contribution in [3.8, 4) is 11.4 Å². The molecule has 9 aromatic rings. The minimum atomic E-state index is -0.0467. The summed E-state index contributed by atoms with van der Waals surface area (Å²) < 4.78 is 4.83. The van der Waals surface area contributed by atoms with Crippen molar-refractivity contribution in [1.82, 2.24) is 9.13 Å². The van der Waals surface area contributed by atoms with Crippen LogP contribution in [0.4, 0.5) is 0 Å². The van der Waals surface area contributed by atoms with Crippen LogP contribution < -0.4 is 0 Å². The Labute approximate surface area is 311 Å². The highest BCUT2D eigenvalue weighted by Crippen LogP contribution is 2.36. The molecule has 0 spiro atoms. The molecular formula is C50H43N3. The van der Waals surface area contributed by atoms with Gasteiger partial charge in [-0.15, -0.1) is 0 Å². The average Bonchev–Trinajstić information content (AvgIpc) is 3.75. The normalized spacial score (nSPS) is 12.7. The Bertz CT molecular complexity index is 2520. The van der Waals surface area contributed by atoms with Gasteiger partial charge in [-0.1, -0.05) is 147 Å². The van der Waals surface area contributed by atoms with Crippen LogP contribution in [0.5, 0.6) is 0 Å². The Hall–Kier alpha value is -6.45. The second-order valence-corrected chi connectivity index (χ2v) is 13.3. The summed E-state index contributed by atoms with van der Waals surface area (Å²) in [7, 11) is 0. The Kier molecular flexibility index (Phi) is 9.31. The van der Waals surface area contributed by atoms with Crippen molar-refractivity contribution in [2.24, 2.45) is 4.99 Å². The molecule has 7 aromatic carbocycles. The van der Waals surface area contributed by atoms with Crippen LogP contribution in [0, 0.1) is 0 Å². The van der Waals surface area contributed by atoms with Gasteiger partial charge in [-0.3, -0.25) is 4.99 Å². The fraction of sp³-hybridized carbons (Fsp3) is 0.100. The van der Waals surface area contributed by atoms with Crippen molar-refractivity contribution in [3.63, 3.8) is 0 Å². The Balaban J connectivity index is 0.00000197. The number of benzene rings is 7. The van der Waals surface area contributed by atoms with Gasteiger partial charge in [0.1, 0.15) is 0 Å². The fourth-order valence-electron chi connectivity index (χ4n) is 7.60. The molecule has 9 rings (SSSR count). The van der Waals surface area contributed by atoms with Gasteiger partial charge in [-0.05, 0) is 79.1 Å². The van der Waals surface area contributed by atoms with E-state index in [0.717, 1.165) is 28.2 Å². The lowest BCUT2D eigenvalue weighted by Crippen LogP contribution is -2.07. The van der Waals surface area contributed by atoms with Gasteiger partial charge in [0, 0.05) is 38.5 Å². The standard InChI is InChI=1S/C48H37N3.C2H6/c1-33(35-17-5-3-6-18-35)29-44(49-34(2)36-19-7-4-8-20-36)37-30-38(50-45-25-13-9-21-40(45)41-22-10-14-26-46(41)50)32-39(31-37)51-47-27-15-11-23-42(47)43-24-12-16-28-48(43)51;1-2/h3-32,34H,1-2H3;1-2H3/b33-29+,49-44?;. The second kappa shape index (κ2) is 14.7. The van der Waals surface area contributed by atoms with Crippen LogP contribution in [0.3, 0.4) is 0 Å². The molecule has 0 aliphatic rings. The second-order valence-electron chi connectivity index (χ2n) is 13.3. The maximum absolute atomic E-state index is 5.50. The maximum atomic E-state index is 5.50. The molecule has 0 saturated carbocycles. The summed E-state index contributed by atoms with van der Waals surface area (Å²) in [6, 6.07) is 63.0. The van der Waals surface area contributed by atoms with E-state index in [9.17, 15) is 0 Å². The first-order valence-electron chi connectivity index (χ1n) is 18.6. The smallest absolute Gasteiger partial charge is 0.0728 e. The number of rotatable bonds is 7. The van der Waals surface area contributed by atoms with Gasteiger partial charge in [0.2, 0.25) is 0 Å². The number of aliphatic imine (C=N–C) groups is 1. The number of hydrogen-bond acceptors (Lipinski definition) is 1. The van der Waals surface area contributed by atoms with Gasteiger partial charge in [-0.25, -0.2) is 0 Å². The lowest BCUT2D eigenvalue weighted by molar-refractivity contribution is 0.821. The zero-order valence-electron chi connectivity index (χ0n) is 30.7. The molecule has 3 heteroatoms. The quantitative estimate of drug-likeness (QED) is 0.149. The highest BCUT2D eigenvalue weighted by Gasteiger charge is 2.18. The van der Waals surface area contributed by atoms with Crippen LogP contribution in [0.25, 0.3) is 60.6 Å². The molecule has 0 saturated heterocycles. The predicted octanol–water partition coefficient (Wildman–Crippen LogP) is 13.6. The zero-order chi connectivity index (χ0) is 36.3. The monoisotopic (exact) mass is 685 g/mol. The number of nitrogens with zero attached hydrogens (tertiary/aromatic N) is 3. The first-order chi connectivity index (χ1) is 26.1. The summed E-state index contributed by atoms with van der Waals surface area (Å²) in [6.45, 7) is 8.37. The largest absolute Gasteiger partial charge is 0.309 e. The van der Waals surface area contributed by atoms with Crippen LogP contribution in [0.1, 0.15) is 50.4 Å². The van der Waals surface area contributed by atoms with Crippen molar-refractivity contribution in [2.75, 3.05) is 0 Å². The molecule has 0 amide bonds. The molecule has 0 bridgehead atoms. The lowest BCUT2D eigenvalue weighted by atomic mass is 10.0. The van der Waals surface area contributed by atoms with Gasteiger partial charge >= 0.3 is 0 Å². The van der Waals surface area contributed by atoms with E-state index in [-0.39, 0.29) is 6.04 Å². The Morgan fingerprint density at radius 2 is 0.849 bits per heavy atom. The highest BCUT2D eigenvalue weighted by atomic mass is 15.0. The van der Waals surface area contributed by atoms with Crippen molar-refractivity contribution in [2.45, 2.75) is 33.7 Å². The summed E-state index contributed by atoms with van der Waals surface area (Å²) in [5, 5.41) is 4.96. The third-order valence-corrected chi connectivity index (χ3v) is 10.1. The SMILES string of the molecule is C/C(=C\C(=NC(C)c1ccccc1)c1cc(-n2c3ccccc3c3ccccc32)cc(-n2c3ccccc3c3ccccc32)c1)c1ccccc1.CC. The van der Waals surface area contributed by atoms with Crippen LogP contribution in [-0.2, 0) is 0 Å². The molecule has 258 valence electrons. The van der Waals surface area contributed by atoms with Crippen molar-refractivity contribution in [3.05, 3.63) is 199 Å². The van der Waals surface area contributed by atoms with Gasteiger partial charge < -0.3 is 9.13 Å². The van der Waals surface area contributed by atoms with Crippen LogP contribution in [0.15, 0.2) is 187 Å². The van der Waals surface area contributed by atoms with E-state index in [1.165, 1.54) is 54.7 Å². The molecular weight excluding hydrogens is 643 g/mol. The van der Waals surface area contributed by atoms with Gasteiger partial charge in [-0.2, -0.15) is 0 Å². The number of allylic oxidation sites excluding steroid dienone is 2. The summed E-state index contributed by atoms with van der Waals surface area (Å²) in [5.41, 5.74) is 12.4. The summed E-state index contributed by atoms with van der Waals surface area (Å²) in [6.07, 6.45) is 2.26. The minimum absolute atomic E-state index is 0.0467. The summed E-state index contributed by atoms with van der Waals surface area (Å²) in [4.78, 5) is 5.50. The molecule has 2 aromatic heterocycles. The van der Waals surface area contributed by atoms with Crippen molar-refractivity contribution >= 4 is 54.9 Å². The van der Waals surface area contributed by atoms with Crippen molar-refractivity contribution < 1.29 is 0 Å². The zero-order valence-corrected chi connectivity index (χ0v) is 30.7. The van der Waals surface area contributed by atoms with Crippen LogP contribution in [0.2, 0.25) is 0 Å². The average molecular weight is 686 g/mol. The number of hydrogen-bond donors (Lipinski definition) is 0. The molecule has 0 fully saturated rings. The minimum Gasteiger partial charge on any atom is -0.309 e. The van der Waals surface area contributed by atoms with E-state index < -0.39 is 0 Å². The van der Waals surface area contributed by atoms with Gasteiger partial charge in [0.05, 0.1) is 33.8 Å². The number of fused-ring (bicyclic) bond motifs is 6. The van der Waals surface area contributed by atoms with E-state index in [0.29, 0.717) is 0 Å². The van der Waals surface area contributed by atoms with E-state index in [2.05, 4.69) is 205 Å². The van der Waals surface area contributed by atoms with Gasteiger partial charge in [0.15, 0.2) is 0 Å². The molecule has 1 atom stereocenters. The highest BCUT2D eigenvalue weighted by molar-refractivity contribution is 6.14. The summed E-state index contributed by atoms with van der Waals surface area (Å²) >= 11 is 0. The molecule has 0 radical (unpaired) electrons. The first-order valence-corrected chi connectivity index (χ1v) is 18.6. The number of para-hydroxylation sites is 4. The maximum Gasteiger partial charge on any atom is 0.0728 e. The van der Waals surface area contributed by atoms with E-state index in [1.807, 2.05) is 13.8 Å². The molecule has 0 N–H and O–H groups in total. The topological polar surface area (TPSA) is 22.2 Å². The molecule has 2 heterocycles. The van der Waals surface area contributed by atoms with Crippen LogP contribution in [-0.4, -0.2) is 14.8 Å². The van der Waals surface area contributed by atoms with Gasteiger partial charge in [0.25, 0.3) is 0 Å². The fourth-order valence-corrected chi connectivity index (χ4v) is 7.60. The first kappa shape index (κ1) is 33.7. The molecule has 0 aliphatic heterocycles. The van der Waals surface area contributed by atoms with E-state index in [4.69, 9.17) is 4.99 Å². The van der Waals surface area contributed by atoms with Crippen molar-refractivity contribution in [1.29, 1.82) is 0 Å². The molecule has 3 nitrogen and oxygen atoms in total. The van der Waals surface area contributed by atoms with Crippen LogP contribution >= 0.6 is 0 Å². The third-order valence-electron chi connectivity index (χ3n) is 10.1. The third kappa shape index (κ3) is 6.25. The Morgan fingerprint density at radius 3 is 1.28 bits per heavy atom. The summed E-state index contributed by atoms with van der Waals surface area (Å²) in [5.74, 6) is 0. The molecule has 53 heavy (non-hydrogen) atoms. The lowest BCUT2D eigenvalue weighted by Gasteiger charge is -2.17. The predicted molar refractivity (Wildman–Crippen MR) is 228 cm³/mol. The van der Waals surface area contributed by atoms with E-state index >= 15 is 0 Å². The van der Waals surface area contributed by atoms with E-state index in [1.54, 1.807) is 0 Å². The molecule has 1 unspecified atom stereocenters.